The molecule has 1 fully saturated rings. The Labute approximate surface area is 111 Å². The number of benzene rings is 1. The van der Waals surface area contributed by atoms with Crippen molar-refractivity contribution >= 4 is 17.7 Å². The Balaban J connectivity index is 1.80. The molecule has 5 heteroatoms. The van der Waals surface area contributed by atoms with Crippen LogP contribution in [0.2, 0.25) is 0 Å². The van der Waals surface area contributed by atoms with Gasteiger partial charge in [0.1, 0.15) is 6.61 Å². The minimum Gasteiger partial charge on any atom is -0.445 e. The summed E-state index contributed by atoms with van der Waals surface area (Å²) in [4.78, 5) is 13.4. The van der Waals surface area contributed by atoms with E-state index >= 15 is 0 Å². The first kappa shape index (κ1) is 13.2. The maximum Gasteiger partial charge on any atom is 0.410 e. The molecule has 1 saturated heterocycles. The first-order chi connectivity index (χ1) is 8.79. The second kappa shape index (κ2) is 6.61. The molecule has 1 aliphatic heterocycles. The third-order valence-electron chi connectivity index (χ3n) is 2.81. The van der Waals surface area contributed by atoms with Crippen LogP contribution in [0.5, 0.6) is 0 Å². The number of alkyl halides is 1. The molecular weight excluding hydrogens is 254 g/mol. The van der Waals surface area contributed by atoms with Crippen molar-refractivity contribution in [3.8, 4) is 0 Å². The van der Waals surface area contributed by atoms with E-state index < -0.39 is 0 Å². The van der Waals surface area contributed by atoms with Gasteiger partial charge in [-0.3, -0.25) is 0 Å². The summed E-state index contributed by atoms with van der Waals surface area (Å²) in [7, 11) is 0. The molecule has 1 amide bonds. The molecule has 0 spiro atoms. The lowest BCUT2D eigenvalue weighted by Crippen LogP contribution is -2.40. The van der Waals surface area contributed by atoms with Gasteiger partial charge in [0.25, 0.3) is 0 Å². The van der Waals surface area contributed by atoms with Crippen molar-refractivity contribution < 1.29 is 14.3 Å². The number of hydrogen-bond acceptors (Lipinski definition) is 3. The van der Waals surface area contributed by atoms with Gasteiger partial charge < -0.3 is 14.4 Å². The van der Waals surface area contributed by atoms with Crippen molar-refractivity contribution in [2.45, 2.75) is 12.5 Å². The van der Waals surface area contributed by atoms with Gasteiger partial charge in [-0.05, 0) is 11.1 Å². The smallest absolute Gasteiger partial charge is 0.410 e. The lowest BCUT2D eigenvalue weighted by molar-refractivity contribution is 0.0249. The van der Waals surface area contributed by atoms with Crippen LogP contribution in [0.25, 0.3) is 0 Å². The molecule has 4 nitrogen and oxygen atoms in total. The van der Waals surface area contributed by atoms with Crippen LogP contribution in [0, 0.1) is 0 Å². The van der Waals surface area contributed by atoms with Crippen LogP contribution in [-0.4, -0.2) is 37.3 Å². The zero-order valence-electron chi connectivity index (χ0n) is 10.1. The summed E-state index contributed by atoms with van der Waals surface area (Å²) in [6, 6.07) is 7.71. The topological polar surface area (TPSA) is 38.8 Å². The van der Waals surface area contributed by atoms with Gasteiger partial charge in [-0.15, -0.1) is 11.6 Å². The Morgan fingerprint density at radius 3 is 2.44 bits per heavy atom. The minimum atomic E-state index is -0.278. The Kier molecular flexibility index (Phi) is 4.84. The van der Waals surface area contributed by atoms with E-state index in [1.165, 1.54) is 0 Å². The molecule has 1 aromatic rings. The molecule has 0 N–H and O–H groups in total. The van der Waals surface area contributed by atoms with Crippen LogP contribution < -0.4 is 0 Å². The summed E-state index contributed by atoms with van der Waals surface area (Å²) in [6.07, 6.45) is -0.278. The zero-order valence-corrected chi connectivity index (χ0v) is 10.9. The molecule has 18 heavy (non-hydrogen) atoms. The third kappa shape index (κ3) is 3.62. The average molecular weight is 270 g/mol. The average Bonchev–Trinajstić information content (AvgIpc) is 2.46. The monoisotopic (exact) mass is 269 g/mol. The molecule has 0 aromatic heterocycles. The van der Waals surface area contributed by atoms with Crippen LogP contribution in [0.1, 0.15) is 11.1 Å². The number of amides is 1. The second-order valence-electron chi connectivity index (χ2n) is 4.10. The van der Waals surface area contributed by atoms with Crippen LogP contribution in [-0.2, 0) is 22.0 Å². The summed E-state index contributed by atoms with van der Waals surface area (Å²) in [5, 5.41) is 0. The van der Waals surface area contributed by atoms with E-state index in [0.29, 0.717) is 38.8 Å². The van der Waals surface area contributed by atoms with E-state index in [-0.39, 0.29) is 6.09 Å². The van der Waals surface area contributed by atoms with Crippen LogP contribution in [0.15, 0.2) is 24.3 Å². The molecule has 2 rings (SSSR count). The highest BCUT2D eigenvalue weighted by molar-refractivity contribution is 6.17. The van der Waals surface area contributed by atoms with Gasteiger partial charge >= 0.3 is 6.09 Å². The van der Waals surface area contributed by atoms with E-state index in [9.17, 15) is 4.79 Å². The fourth-order valence-electron chi connectivity index (χ4n) is 1.71. The standard InChI is InChI=1S/C13H16ClNO3/c14-9-11-1-3-12(4-2-11)10-18-13(16)15-5-7-17-8-6-15/h1-4H,5-10H2. The van der Waals surface area contributed by atoms with Crippen LogP contribution in [0.4, 0.5) is 4.79 Å². The molecule has 98 valence electrons. The number of hydrogen-bond donors (Lipinski definition) is 0. The molecular formula is C13H16ClNO3. The summed E-state index contributed by atoms with van der Waals surface area (Å²) < 4.78 is 10.4. The van der Waals surface area contributed by atoms with Crippen molar-refractivity contribution in [1.29, 1.82) is 0 Å². The fraction of sp³-hybridized carbons (Fsp3) is 0.462. The summed E-state index contributed by atoms with van der Waals surface area (Å²) in [5.74, 6) is 0.494. The molecule has 0 radical (unpaired) electrons. The zero-order chi connectivity index (χ0) is 12.8. The maximum atomic E-state index is 11.7. The predicted molar refractivity (Wildman–Crippen MR) is 68.6 cm³/mol. The number of rotatable bonds is 3. The number of morpholine rings is 1. The van der Waals surface area contributed by atoms with Gasteiger partial charge in [0, 0.05) is 19.0 Å². The predicted octanol–water partition coefficient (Wildman–Crippen LogP) is 2.39. The van der Waals surface area contributed by atoms with Gasteiger partial charge in [-0.1, -0.05) is 24.3 Å². The number of halogens is 1. The van der Waals surface area contributed by atoms with Crippen molar-refractivity contribution in [2.24, 2.45) is 0 Å². The molecule has 0 atom stereocenters. The van der Waals surface area contributed by atoms with E-state index in [2.05, 4.69) is 0 Å². The van der Waals surface area contributed by atoms with Crippen LogP contribution in [0.3, 0.4) is 0 Å². The molecule has 0 bridgehead atoms. The lowest BCUT2D eigenvalue weighted by atomic mass is 10.2. The number of ether oxygens (including phenoxy) is 2. The maximum absolute atomic E-state index is 11.7. The third-order valence-corrected chi connectivity index (χ3v) is 3.12. The number of carbonyl (C=O) groups excluding carboxylic acids is 1. The Bertz CT molecular complexity index is 388. The number of nitrogens with zero attached hydrogens (tertiary/aromatic N) is 1. The van der Waals surface area contributed by atoms with E-state index in [0.717, 1.165) is 11.1 Å². The molecule has 0 aliphatic carbocycles. The summed E-state index contributed by atoms with van der Waals surface area (Å²) in [5.41, 5.74) is 2.02. The highest BCUT2D eigenvalue weighted by Gasteiger charge is 2.17. The Morgan fingerprint density at radius 2 is 1.83 bits per heavy atom. The normalized spacial score (nSPS) is 15.5. The van der Waals surface area contributed by atoms with Gasteiger partial charge in [-0.25, -0.2) is 4.79 Å². The molecule has 1 aliphatic rings. The number of carbonyl (C=O) groups is 1. The van der Waals surface area contributed by atoms with Crippen molar-refractivity contribution in [1.82, 2.24) is 4.90 Å². The molecule has 1 aromatic carbocycles. The Hall–Kier alpha value is -1.26. The van der Waals surface area contributed by atoms with E-state index in [1.807, 2.05) is 24.3 Å². The highest BCUT2D eigenvalue weighted by atomic mass is 35.5. The minimum absolute atomic E-state index is 0.278. The quantitative estimate of drug-likeness (QED) is 0.791. The first-order valence-electron chi connectivity index (χ1n) is 5.93. The van der Waals surface area contributed by atoms with Crippen molar-refractivity contribution in [3.05, 3.63) is 35.4 Å². The molecule has 0 saturated carbocycles. The van der Waals surface area contributed by atoms with Gasteiger partial charge in [0.05, 0.1) is 13.2 Å². The lowest BCUT2D eigenvalue weighted by Gasteiger charge is -2.25. The summed E-state index contributed by atoms with van der Waals surface area (Å²) in [6.45, 7) is 2.66. The van der Waals surface area contributed by atoms with E-state index in [4.69, 9.17) is 21.1 Å². The van der Waals surface area contributed by atoms with Gasteiger partial charge in [-0.2, -0.15) is 0 Å². The van der Waals surface area contributed by atoms with Crippen molar-refractivity contribution in [2.75, 3.05) is 26.3 Å². The Morgan fingerprint density at radius 1 is 1.22 bits per heavy atom. The molecule has 1 heterocycles. The summed E-state index contributed by atoms with van der Waals surface area (Å²) >= 11 is 5.70. The first-order valence-corrected chi connectivity index (χ1v) is 6.46. The largest absolute Gasteiger partial charge is 0.445 e. The van der Waals surface area contributed by atoms with Gasteiger partial charge in [0.15, 0.2) is 0 Å². The SMILES string of the molecule is O=C(OCc1ccc(CCl)cc1)N1CCOCC1. The van der Waals surface area contributed by atoms with Crippen LogP contribution >= 0.6 is 11.6 Å². The van der Waals surface area contributed by atoms with E-state index in [1.54, 1.807) is 4.90 Å². The highest BCUT2D eigenvalue weighted by Crippen LogP contribution is 2.09. The fourth-order valence-corrected chi connectivity index (χ4v) is 1.89. The van der Waals surface area contributed by atoms with Gasteiger partial charge in [0.2, 0.25) is 0 Å². The molecule has 0 unspecified atom stereocenters. The second-order valence-corrected chi connectivity index (χ2v) is 4.37. The van der Waals surface area contributed by atoms with Crippen molar-refractivity contribution in [3.63, 3.8) is 0 Å².